The van der Waals surface area contributed by atoms with E-state index in [1.807, 2.05) is 18.2 Å². The highest BCUT2D eigenvalue weighted by molar-refractivity contribution is 5.98. The molecule has 5 rings (SSSR count). The molecule has 1 fully saturated rings. The van der Waals surface area contributed by atoms with Gasteiger partial charge in [-0.25, -0.2) is 8.78 Å². The van der Waals surface area contributed by atoms with E-state index in [0.29, 0.717) is 23.7 Å². The first-order chi connectivity index (χ1) is 15.0. The summed E-state index contributed by atoms with van der Waals surface area (Å²) in [5, 5.41) is 4.97. The average molecular weight is 424 g/mol. The molecule has 1 saturated carbocycles. The van der Waals surface area contributed by atoms with Gasteiger partial charge in [0.2, 0.25) is 0 Å². The van der Waals surface area contributed by atoms with Gasteiger partial charge in [0, 0.05) is 40.3 Å². The van der Waals surface area contributed by atoms with Crippen LogP contribution in [0.15, 0.2) is 36.4 Å². The van der Waals surface area contributed by atoms with Crippen molar-refractivity contribution >= 4 is 10.9 Å². The number of nitrogens with one attached hydrogen (secondary N) is 2. The van der Waals surface area contributed by atoms with Crippen LogP contribution in [0.25, 0.3) is 22.0 Å². The van der Waals surface area contributed by atoms with Crippen molar-refractivity contribution in [1.29, 1.82) is 0 Å². The number of H-pyrrole nitrogens is 1. The summed E-state index contributed by atoms with van der Waals surface area (Å²) in [6, 6.07) is 12.0. The van der Waals surface area contributed by atoms with Crippen molar-refractivity contribution in [1.82, 2.24) is 15.2 Å². The number of halogens is 2. The van der Waals surface area contributed by atoms with Crippen molar-refractivity contribution in [2.75, 3.05) is 14.1 Å². The number of rotatable bonds is 4. The number of benzene rings is 2. The maximum absolute atomic E-state index is 14.6. The van der Waals surface area contributed by atoms with Gasteiger partial charge < -0.3 is 15.2 Å². The molecule has 31 heavy (non-hydrogen) atoms. The molecule has 0 amide bonds. The topological polar surface area (TPSA) is 31.1 Å². The van der Waals surface area contributed by atoms with Gasteiger partial charge >= 0.3 is 0 Å². The fourth-order valence-electron chi connectivity index (χ4n) is 5.65. The summed E-state index contributed by atoms with van der Waals surface area (Å²) >= 11 is 0. The van der Waals surface area contributed by atoms with Crippen molar-refractivity contribution in [3.05, 3.63) is 59.3 Å². The molecule has 3 aromatic rings. The van der Waals surface area contributed by atoms with Crippen molar-refractivity contribution < 1.29 is 8.78 Å². The first kappa shape index (κ1) is 20.7. The van der Waals surface area contributed by atoms with Gasteiger partial charge in [-0.3, -0.25) is 0 Å². The van der Waals surface area contributed by atoms with Gasteiger partial charge in [0.05, 0.1) is 0 Å². The van der Waals surface area contributed by atoms with Gasteiger partial charge in [-0.15, -0.1) is 0 Å². The third-order valence-electron chi connectivity index (χ3n) is 7.35. The Kier molecular flexibility index (Phi) is 5.57. The SMILES string of the molecule is CN(C)C1CCC(NC2CCc3[nH]c4cccc(-c5cccc(F)c5F)c4c3C2)CC1. The molecule has 0 bridgehead atoms. The smallest absolute Gasteiger partial charge is 0.166 e. The number of aromatic nitrogens is 1. The van der Waals surface area contributed by atoms with Crippen molar-refractivity contribution in [2.24, 2.45) is 0 Å². The molecule has 2 N–H and O–H groups in total. The first-order valence-electron chi connectivity index (χ1n) is 11.5. The second-order valence-electron chi connectivity index (χ2n) is 9.49. The van der Waals surface area contributed by atoms with Crippen LogP contribution in [0.3, 0.4) is 0 Å². The molecule has 164 valence electrons. The molecule has 1 aromatic heterocycles. The van der Waals surface area contributed by atoms with Crippen molar-refractivity contribution in [3.8, 4) is 11.1 Å². The molecule has 0 saturated heterocycles. The number of nitrogens with zero attached hydrogens (tertiary/aromatic N) is 1. The molecule has 1 atom stereocenters. The monoisotopic (exact) mass is 423 g/mol. The lowest BCUT2D eigenvalue weighted by atomic mass is 9.86. The van der Waals surface area contributed by atoms with Gasteiger partial charge in [-0.2, -0.15) is 0 Å². The highest BCUT2D eigenvalue weighted by Crippen LogP contribution is 2.38. The minimum Gasteiger partial charge on any atom is -0.358 e. The van der Waals surface area contributed by atoms with Crippen LogP contribution in [-0.4, -0.2) is 42.1 Å². The van der Waals surface area contributed by atoms with Crippen LogP contribution in [0.1, 0.15) is 43.4 Å². The molecule has 0 spiro atoms. The van der Waals surface area contributed by atoms with E-state index in [9.17, 15) is 8.78 Å². The van der Waals surface area contributed by atoms with Crippen LogP contribution in [0.2, 0.25) is 0 Å². The van der Waals surface area contributed by atoms with Gasteiger partial charge in [0.1, 0.15) is 0 Å². The number of hydrogen-bond acceptors (Lipinski definition) is 2. The van der Waals surface area contributed by atoms with E-state index in [4.69, 9.17) is 0 Å². The highest BCUT2D eigenvalue weighted by Gasteiger charge is 2.28. The average Bonchev–Trinajstić information content (AvgIpc) is 3.14. The number of aromatic amines is 1. The second-order valence-corrected chi connectivity index (χ2v) is 9.49. The van der Waals surface area contributed by atoms with Gasteiger partial charge in [0.15, 0.2) is 11.6 Å². The zero-order chi connectivity index (χ0) is 21.5. The Labute approximate surface area is 182 Å². The highest BCUT2D eigenvalue weighted by atomic mass is 19.2. The molecule has 2 aliphatic carbocycles. The molecular formula is C26H31F2N3. The lowest BCUT2D eigenvalue weighted by Gasteiger charge is -2.36. The predicted molar refractivity (Wildman–Crippen MR) is 122 cm³/mol. The fourth-order valence-corrected chi connectivity index (χ4v) is 5.65. The molecular weight excluding hydrogens is 392 g/mol. The maximum Gasteiger partial charge on any atom is 0.166 e. The van der Waals surface area contributed by atoms with E-state index >= 15 is 0 Å². The zero-order valence-electron chi connectivity index (χ0n) is 18.3. The summed E-state index contributed by atoms with van der Waals surface area (Å²) in [5.74, 6) is -1.57. The standard InChI is InChI=1S/C26H31F2N3/c1-31(2)18-12-9-16(10-13-18)29-17-11-14-23-21(15-17)25-19(5-4-8-24(25)30-23)20-6-3-7-22(27)26(20)28/h3-8,16-18,29-30H,9-15H2,1-2H3. The van der Waals surface area contributed by atoms with E-state index in [0.717, 1.165) is 35.7 Å². The normalized spacial score (nSPS) is 24.0. The molecule has 2 aromatic carbocycles. The maximum atomic E-state index is 14.6. The summed E-state index contributed by atoms with van der Waals surface area (Å²) in [6.45, 7) is 0. The summed E-state index contributed by atoms with van der Waals surface area (Å²) in [4.78, 5) is 5.90. The van der Waals surface area contributed by atoms with Gasteiger partial charge in [-0.05, 0) is 82.3 Å². The quantitative estimate of drug-likeness (QED) is 0.586. The van der Waals surface area contributed by atoms with E-state index in [1.54, 1.807) is 12.1 Å². The predicted octanol–water partition coefficient (Wildman–Crippen LogP) is 5.43. The minimum atomic E-state index is -0.799. The lowest BCUT2D eigenvalue weighted by molar-refractivity contribution is 0.196. The Morgan fingerprint density at radius 1 is 0.903 bits per heavy atom. The van der Waals surface area contributed by atoms with E-state index < -0.39 is 11.6 Å². The Morgan fingerprint density at radius 2 is 1.65 bits per heavy atom. The zero-order valence-corrected chi connectivity index (χ0v) is 18.3. The van der Waals surface area contributed by atoms with Crippen molar-refractivity contribution in [2.45, 2.75) is 63.1 Å². The molecule has 1 unspecified atom stereocenters. The van der Waals surface area contributed by atoms with Crippen molar-refractivity contribution in [3.63, 3.8) is 0 Å². The first-order valence-corrected chi connectivity index (χ1v) is 11.5. The number of fused-ring (bicyclic) bond motifs is 3. The third-order valence-corrected chi connectivity index (χ3v) is 7.35. The van der Waals surface area contributed by atoms with Gasteiger partial charge in [0.25, 0.3) is 0 Å². The van der Waals surface area contributed by atoms with Crippen LogP contribution in [0, 0.1) is 11.6 Å². The molecule has 2 aliphatic rings. The van der Waals surface area contributed by atoms with Crippen LogP contribution in [-0.2, 0) is 12.8 Å². The summed E-state index contributed by atoms with van der Waals surface area (Å²) < 4.78 is 28.6. The Morgan fingerprint density at radius 3 is 2.42 bits per heavy atom. The van der Waals surface area contributed by atoms with E-state index in [2.05, 4.69) is 29.3 Å². The summed E-state index contributed by atoms with van der Waals surface area (Å²) in [5.41, 5.74) is 4.63. The van der Waals surface area contributed by atoms with Crippen LogP contribution in [0.4, 0.5) is 8.78 Å². The van der Waals surface area contributed by atoms with Crippen LogP contribution < -0.4 is 5.32 Å². The summed E-state index contributed by atoms with van der Waals surface area (Å²) in [6.07, 6.45) is 7.96. The fraction of sp³-hybridized carbons (Fsp3) is 0.462. The summed E-state index contributed by atoms with van der Waals surface area (Å²) in [7, 11) is 4.36. The molecule has 0 aliphatic heterocycles. The second kappa shape index (κ2) is 8.36. The molecule has 5 heteroatoms. The lowest BCUT2D eigenvalue weighted by Crippen LogP contribution is -2.45. The van der Waals surface area contributed by atoms with E-state index in [-0.39, 0.29) is 0 Å². The minimum absolute atomic E-state index is 0.337. The molecule has 0 radical (unpaired) electrons. The largest absolute Gasteiger partial charge is 0.358 e. The van der Waals surface area contributed by atoms with Crippen LogP contribution in [0.5, 0.6) is 0 Å². The Balaban J connectivity index is 1.41. The molecule has 1 heterocycles. The number of aryl methyl sites for hydroxylation is 1. The Bertz CT molecular complexity index is 1080. The van der Waals surface area contributed by atoms with Gasteiger partial charge in [-0.1, -0.05) is 24.3 Å². The van der Waals surface area contributed by atoms with E-state index in [1.165, 1.54) is 43.0 Å². The van der Waals surface area contributed by atoms with Crippen LogP contribution >= 0.6 is 0 Å². The number of hydrogen-bond donors (Lipinski definition) is 2. The molecule has 3 nitrogen and oxygen atoms in total. The Hall–Kier alpha value is -2.24. The third kappa shape index (κ3) is 3.90.